The number of ether oxygens (including phenoxy) is 1. The van der Waals surface area contributed by atoms with Gasteiger partial charge in [0, 0.05) is 6.42 Å². The quantitative estimate of drug-likeness (QED) is 0.319. The Morgan fingerprint density at radius 1 is 0.826 bits per heavy atom. The van der Waals surface area contributed by atoms with E-state index in [0.29, 0.717) is 6.42 Å². The normalized spacial score (nSPS) is 14.3. The molecule has 1 unspecified atom stereocenters. The van der Waals surface area contributed by atoms with Gasteiger partial charge in [0.1, 0.15) is 11.2 Å². The van der Waals surface area contributed by atoms with Gasteiger partial charge >= 0.3 is 11.9 Å². The van der Waals surface area contributed by atoms with Crippen LogP contribution in [0.15, 0.2) is 0 Å². The Kier molecular flexibility index (Phi) is 7.66. The van der Waals surface area contributed by atoms with Crippen molar-refractivity contribution in [2.45, 2.75) is 91.6 Å². The Bertz CT molecular complexity index is 402. The highest BCUT2D eigenvalue weighted by Crippen LogP contribution is 2.21. The summed E-state index contributed by atoms with van der Waals surface area (Å²) >= 11 is 0. The first-order valence-electron chi connectivity index (χ1n) is 7.59. The van der Waals surface area contributed by atoms with Gasteiger partial charge in [0.05, 0.1) is 11.7 Å². The monoisotopic (exact) mass is 334 g/mol. The first-order chi connectivity index (χ1) is 10.1. The minimum atomic E-state index is -1.20. The predicted molar refractivity (Wildman–Crippen MR) is 83.1 cm³/mol. The van der Waals surface area contributed by atoms with Gasteiger partial charge in [0.25, 0.3) is 0 Å². The molecule has 0 amide bonds. The fourth-order valence-electron chi connectivity index (χ4n) is 1.48. The predicted octanol–water partition coefficient (Wildman–Crippen LogP) is 3.11. The fraction of sp³-hybridized carbons (Fsp3) is 0.875. The zero-order chi connectivity index (χ0) is 18.5. The molecule has 0 N–H and O–H groups in total. The highest BCUT2D eigenvalue weighted by molar-refractivity contribution is 6.29. The fourth-order valence-corrected chi connectivity index (χ4v) is 1.48. The Hall–Kier alpha value is -1.18. The minimum absolute atomic E-state index is 0.334. The molecule has 1 atom stereocenters. The van der Waals surface area contributed by atoms with E-state index < -0.39 is 28.7 Å². The SMILES string of the molecule is CC(CC(C)(C)OC(=O)C(=O)OOC(C)(C)C)OOC(C)(C)C. The summed E-state index contributed by atoms with van der Waals surface area (Å²) in [6.07, 6.45) is 0.00116. The molecule has 0 saturated carbocycles. The van der Waals surface area contributed by atoms with Crippen LogP contribution in [0.5, 0.6) is 0 Å². The van der Waals surface area contributed by atoms with Gasteiger partial charge in [-0.1, -0.05) is 0 Å². The molecule has 0 aliphatic heterocycles. The standard InChI is InChI=1S/C16H30O7/c1-11(20-22-14(2,3)4)10-16(8,9)19-12(17)13(18)21-23-15(5,6)7/h11H,10H2,1-9H3. The van der Waals surface area contributed by atoms with Gasteiger partial charge in [-0.25, -0.2) is 19.4 Å². The van der Waals surface area contributed by atoms with Crippen LogP contribution in [-0.2, 0) is 33.9 Å². The highest BCUT2D eigenvalue weighted by atomic mass is 17.2. The van der Waals surface area contributed by atoms with E-state index in [9.17, 15) is 9.59 Å². The summed E-state index contributed by atoms with van der Waals surface area (Å²) in [4.78, 5) is 42.9. The summed E-state index contributed by atoms with van der Waals surface area (Å²) in [5.41, 5.74) is -2.08. The van der Waals surface area contributed by atoms with Crippen LogP contribution in [-0.4, -0.2) is 34.8 Å². The van der Waals surface area contributed by atoms with E-state index in [1.807, 2.05) is 20.8 Å². The Balaban J connectivity index is 4.38. The molecule has 7 heteroatoms. The van der Waals surface area contributed by atoms with Crippen molar-refractivity contribution in [3.05, 3.63) is 0 Å². The average molecular weight is 334 g/mol. The van der Waals surface area contributed by atoms with E-state index in [-0.39, 0.29) is 6.10 Å². The third-order valence-electron chi connectivity index (χ3n) is 2.14. The second-order valence-corrected chi connectivity index (χ2v) is 8.02. The molecule has 0 saturated heterocycles. The molecule has 7 nitrogen and oxygen atoms in total. The molecule has 0 aliphatic carbocycles. The van der Waals surface area contributed by atoms with Crippen molar-refractivity contribution in [2.75, 3.05) is 0 Å². The van der Waals surface area contributed by atoms with Crippen molar-refractivity contribution in [3.8, 4) is 0 Å². The lowest BCUT2D eigenvalue weighted by atomic mass is 10.0. The molecule has 0 aromatic rings. The summed E-state index contributed by atoms with van der Waals surface area (Å²) in [7, 11) is 0. The molecule has 0 heterocycles. The van der Waals surface area contributed by atoms with E-state index in [4.69, 9.17) is 19.4 Å². The van der Waals surface area contributed by atoms with Crippen molar-refractivity contribution in [2.24, 2.45) is 0 Å². The van der Waals surface area contributed by atoms with Crippen LogP contribution in [0, 0.1) is 0 Å². The van der Waals surface area contributed by atoms with Crippen LogP contribution in [0.25, 0.3) is 0 Å². The molecule has 0 aromatic heterocycles. The van der Waals surface area contributed by atoms with E-state index in [1.165, 1.54) is 0 Å². The molecular weight excluding hydrogens is 304 g/mol. The highest BCUT2D eigenvalue weighted by Gasteiger charge is 2.32. The summed E-state index contributed by atoms with van der Waals surface area (Å²) in [5.74, 6) is -2.32. The second kappa shape index (κ2) is 8.08. The zero-order valence-electron chi connectivity index (χ0n) is 15.6. The van der Waals surface area contributed by atoms with Gasteiger partial charge in [-0.2, -0.15) is 4.89 Å². The molecule has 0 spiro atoms. The third kappa shape index (κ3) is 12.0. The third-order valence-corrected chi connectivity index (χ3v) is 2.14. The maximum absolute atomic E-state index is 11.7. The van der Waals surface area contributed by atoms with Gasteiger partial charge in [0.2, 0.25) is 0 Å². The van der Waals surface area contributed by atoms with Crippen LogP contribution in [0.3, 0.4) is 0 Å². The van der Waals surface area contributed by atoms with Crippen LogP contribution >= 0.6 is 0 Å². The van der Waals surface area contributed by atoms with Gasteiger partial charge in [-0.3, -0.25) is 4.89 Å². The molecule has 0 rings (SSSR count). The number of carbonyl (C=O) groups is 2. The lowest BCUT2D eigenvalue weighted by Crippen LogP contribution is -2.37. The first kappa shape index (κ1) is 21.8. The Morgan fingerprint density at radius 2 is 1.30 bits per heavy atom. The van der Waals surface area contributed by atoms with Crippen molar-refractivity contribution < 1.29 is 33.9 Å². The van der Waals surface area contributed by atoms with Crippen LogP contribution in [0.4, 0.5) is 0 Å². The Morgan fingerprint density at radius 3 is 1.74 bits per heavy atom. The lowest BCUT2D eigenvalue weighted by Gasteiger charge is -2.28. The largest absolute Gasteiger partial charge is 0.451 e. The molecule has 0 radical (unpaired) electrons. The van der Waals surface area contributed by atoms with Crippen molar-refractivity contribution in [1.29, 1.82) is 0 Å². The molecule has 136 valence electrons. The number of rotatable bonds is 6. The topological polar surface area (TPSA) is 80.3 Å². The van der Waals surface area contributed by atoms with E-state index in [0.717, 1.165) is 0 Å². The van der Waals surface area contributed by atoms with Crippen molar-refractivity contribution in [3.63, 3.8) is 0 Å². The summed E-state index contributed by atoms with van der Waals surface area (Å²) < 4.78 is 5.14. The molecule has 0 fully saturated rings. The Labute approximate surface area is 138 Å². The van der Waals surface area contributed by atoms with Crippen molar-refractivity contribution in [1.82, 2.24) is 0 Å². The summed E-state index contributed by atoms with van der Waals surface area (Å²) in [6, 6.07) is 0. The number of hydrogen-bond donors (Lipinski definition) is 0. The van der Waals surface area contributed by atoms with Gasteiger partial charge in [0.15, 0.2) is 0 Å². The van der Waals surface area contributed by atoms with Gasteiger partial charge < -0.3 is 4.74 Å². The molecular formula is C16H30O7. The van der Waals surface area contributed by atoms with Crippen LogP contribution < -0.4 is 0 Å². The van der Waals surface area contributed by atoms with E-state index in [2.05, 4.69) is 4.89 Å². The lowest BCUT2D eigenvalue weighted by molar-refractivity contribution is -0.373. The van der Waals surface area contributed by atoms with Crippen molar-refractivity contribution >= 4 is 11.9 Å². The minimum Gasteiger partial charge on any atom is -0.451 e. The number of hydrogen-bond acceptors (Lipinski definition) is 7. The number of carbonyl (C=O) groups excluding carboxylic acids is 2. The van der Waals surface area contributed by atoms with Gasteiger partial charge in [-0.05, 0) is 62.3 Å². The molecule has 0 bridgehead atoms. The maximum Gasteiger partial charge on any atom is 0.449 e. The first-order valence-corrected chi connectivity index (χ1v) is 7.59. The van der Waals surface area contributed by atoms with Gasteiger partial charge in [-0.15, -0.1) is 0 Å². The molecule has 0 aromatic carbocycles. The zero-order valence-corrected chi connectivity index (χ0v) is 15.6. The van der Waals surface area contributed by atoms with Crippen LogP contribution in [0.1, 0.15) is 68.7 Å². The van der Waals surface area contributed by atoms with E-state index >= 15 is 0 Å². The maximum atomic E-state index is 11.7. The summed E-state index contributed by atoms with van der Waals surface area (Å²) in [5, 5.41) is 0. The number of esters is 1. The average Bonchev–Trinajstić information content (AvgIpc) is 2.30. The van der Waals surface area contributed by atoms with Crippen LogP contribution in [0.2, 0.25) is 0 Å². The second-order valence-electron chi connectivity index (χ2n) is 8.02. The smallest absolute Gasteiger partial charge is 0.449 e. The molecule has 23 heavy (non-hydrogen) atoms. The molecule has 0 aliphatic rings. The van der Waals surface area contributed by atoms with E-state index in [1.54, 1.807) is 41.5 Å². The summed E-state index contributed by atoms with van der Waals surface area (Å²) in [6.45, 7) is 15.7.